The van der Waals surface area contributed by atoms with Gasteiger partial charge in [-0.2, -0.15) is 0 Å². The van der Waals surface area contributed by atoms with Crippen LogP contribution >= 0.6 is 11.3 Å². The lowest BCUT2D eigenvalue weighted by atomic mass is 10.2. The van der Waals surface area contributed by atoms with Crippen LogP contribution in [-0.4, -0.2) is 22.2 Å². The van der Waals surface area contributed by atoms with Crippen LogP contribution in [0.3, 0.4) is 0 Å². The number of methoxy groups -OCH3 is 1. The van der Waals surface area contributed by atoms with Crippen LogP contribution in [0.1, 0.15) is 11.3 Å². The molecule has 0 aliphatic carbocycles. The van der Waals surface area contributed by atoms with Crippen LogP contribution in [0.4, 0.5) is 0 Å². The minimum Gasteiger partial charge on any atom is -0.481 e. The number of aliphatic hydroxyl groups excluding tert-OH is 1. The first-order valence-electron chi connectivity index (χ1n) is 4.15. The van der Waals surface area contributed by atoms with Gasteiger partial charge in [0.05, 0.1) is 40.7 Å². The van der Waals surface area contributed by atoms with Gasteiger partial charge in [-0.3, -0.25) is 0 Å². The topological polar surface area (TPSA) is 55.2 Å². The first-order valence-corrected chi connectivity index (χ1v) is 5.03. The number of fused-ring (bicyclic) bond motifs is 1. The molecule has 4 nitrogen and oxygen atoms in total. The van der Waals surface area contributed by atoms with E-state index in [9.17, 15) is 5.11 Å². The Hall–Kier alpha value is -1.20. The van der Waals surface area contributed by atoms with Gasteiger partial charge in [0, 0.05) is 0 Å². The van der Waals surface area contributed by atoms with Gasteiger partial charge in [0.2, 0.25) is 5.88 Å². The first-order chi connectivity index (χ1) is 6.77. The number of nitrogens with zero attached hydrogens (tertiary/aromatic N) is 2. The molecule has 0 saturated heterocycles. The molecule has 0 aliphatic heterocycles. The molecule has 0 aliphatic rings. The van der Waals surface area contributed by atoms with Gasteiger partial charge in [0.25, 0.3) is 0 Å². The van der Waals surface area contributed by atoms with Crippen molar-refractivity contribution in [2.45, 2.75) is 13.5 Å². The summed E-state index contributed by atoms with van der Waals surface area (Å²) in [6, 6.07) is 0. The second-order valence-corrected chi connectivity index (χ2v) is 3.73. The lowest BCUT2D eigenvalue weighted by molar-refractivity contribution is 0.273. The summed E-state index contributed by atoms with van der Waals surface area (Å²) in [6.07, 6.45) is 0. The van der Waals surface area contributed by atoms with Crippen molar-refractivity contribution in [1.82, 2.24) is 9.97 Å². The summed E-state index contributed by atoms with van der Waals surface area (Å²) in [5.41, 5.74) is 4.09. The van der Waals surface area contributed by atoms with Crippen LogP contribution in [0.25, 0.3) is 10.2 Å². The van der Waals surface area contributed by atoms with Gasteiger partial charge < -0.3 is 9.84 Å². The molecular weight excluding hydrogens is 200 g/mol. The largest absolute Gasteiger partial charge is 0.481 e. The Morgan fingerprint density at radius 2 is 2.36 bits per heavy atom. The van der Waals surface area contributed by atoms with Crippen molar-refractivity contribution in [3.05, 3.63) is 16.8 Å². The lowest BCUT2D eigenvalue weighted by Gasteiger charge is -2.06. The van der Waals surface area contributed by atoms with E-state index in [-0.39, 0.29) is 6.61 Å². The van der Waals surface area contributed by atoms with Gasteiger partial charge in [-0.25, -0.2) is 9.97 Å². The highest BCUT2D eigenvalue weighted by Crippen LogP contribution is 2.29. The third-order valence-corrected chi connectivity index (χ3v) is 3.00. The molecule has 0 bridgehead atoms. The maximum Gasteiger partial charge on any atom is 0.221 e. The lowest BCUT2D eigenvalue weighted by Crippen LogP contribution is -1.98. The summed E-state index contributed by atoms with van der Waals surface area (Å²) >= 11 is 1.52. The van der Waals surface area contributed by atoms with Crippen molar-refractivity contribution in [3.63, 3.8) is 0 Å². The van der Waals surface area contributed by atoms with Crippen LogP contribution in [-0.2, 0) is 6.61 Å². The number of aliphatic hydroxyl groups is 1. The van der Waals surface area contributed by atoms with Crippen LogP contribution in [0, 0.1) is 6.92 Å². The Morgan fingerprint density at radius 3 is 3.00 bits per heavy atom. The third-order valence-electron chi connectivity index (χ3n) is 2.06. The van der Waals surface area contributed by atoms with Gasteiger partial charge in [-0.1, -0.05) is 0 Å². The van der Waals surface area contributed by atoms with Gasteiger partial charge in [0.1, 0.15) is 0 Å². The molecule has 0 amide bonds. The minimum absolute atomic E-state index is 0.101. The summed E-state index contributed by atoms with van der Waals surface area (Å²) in [5.74, 6) is 0.461. The van der Waals surface area contributed by atoms with E-state index in [4.69, 9.17) is 4.74 Å². The number of ether oxygens (including phenoxy) is 1. The van der Waals surface area contributed by atoms with Crippen LogP contribution in [0.5, 0.6) is 5.88 Å². The second-order valence-electron chi connectivity index (χ2n) is 2.87. The van der Waals surface area contributed by atoms with Crippen molar-refractivity contribution in [1.29, 1.82) is 0 Å². The predicted molar refractivity (Wildman–Crippen MR) is 54.6 cm³/mol. The molecule has 14 heavy (non-hydrogen) atoms. The monoisotopic (exact) mass is 210 g/mol. The zero-order chi connectivity index (χ0) is 10.1. The van der Waals surface area contributed by atoms with Crippen molar-refractivity contribution < 1.29 is 9.84 Å². The van der Waals surface area contributed by atoms with Crippen LogP contribution < -0.4 is 4.74 Å². The summed E-state index contributed by atoms with van der Waals surface area (Å²) in [5, 5.41) is 9.20. The highest BCUT2D eigenvalue weighted by atomic mass is 32.1. The van der Waals surface area contributed by atoms with E-state index in [1.807, 2.05) is 6.92 Å². The van der Waals surface area contributed by atoms with Gasteiger partial charge in [0.15, 0.2) is 0 Å². The van der Waals surface area contributed by atoms with Crippen LogP contribution in [0.15, 0.2) is 5.51 Å². The zero-order valence-corrected chi connectivity index (χ0v) is 8.76. The summed E-state index contributed by atoms with van der Waals surface area (Å²) in [7, 11) is 1.54. The third kappa shape index (κ3) is 1.25. The Morgan fingerprint density at radius 1 is 1.57 bits per heavy atom. The standard InChI is InChI=1S/C9H10N2O2S/c1-5-8-7(10-4-14-8)6(3-12)9(11-5)13-2/h4,12H,3H2,1-2H3. The average molecular weight is 210 g/mol. The second kappa shape index (κ2) is 3.51. The summed E-state index contributed by atoms with van der Waals surface area (Å²) in [6.45, 7) is 1.81. The molecule has 2 heterocycles. The molecule has 0 fully saturated rings. The number of rotatable bonds is 2. The van der Waals surface area contributed by atoms with E-state index in [1.54, 1.807) is 12.6 Å². The molecule has 0 aromatic carbocycles. The highest BCUT2D eigenvalue weighted by molar-refractivity contribution is 7.16. The quantitative estimate of drug-likeness (QED) is 0.816. The minimum atomic E-state index is -0.101. The molecule has 2 rings (SSSR count). The molecule has 0 saturated carbocycles. The Bertz CT molecular complexity index is 467. The maximum absolute atomic E-state index is 9.20. The SMILES string of the molecule is COc1nc(C)c2scnc2c1CO. The first kappa shape index (κ1) is 9.36. The molecule has 74 valence electrons. The number of hydrogen-bond acceptors (Lipinski definition) is 5. The molecule has 0 unspecified atom stereocenters. The molecule has 2 aromatic rings. The molecule has 1 N–H and O–H groups in total. The number of aromatic nitrogens is 2. The number of aryl methyl sites for hydroxylation is 1. The van der Waals surface area contributed by atoms with Gasteiger partial charge >= 0.3 is 0 Å². The smallest absolute Gasteiger partial charge is 0.221 e. The van der Waals surface area contributed by atoms with Gasteiger partial charge in [-0.15, -0.1) is 11.3 Å². The highest BCUT2D eigenvalue weighted by Gasteiger charge is 2.13. The molecule has 0 spiro atoms. The Labute approximate surface area is 85.2 Å². The van der Waals surface area contributed by atoms with E-state index in [0.29, 0.717) is 11.4 Å². The zero-order valence-electron chi connectivity index (χ0n) is 7.94. The van der Waals surface area contributed by atoms with E-state index >= 15 is 0 Å². The van der Waals surface area contributed by atoms with Crippen LogP contribution in [0.2, 0.25) is 0 Å². The Balaban J connectivity index is 2.82. The normalized spacial score (nSPS) is 10.8. The molecule has 0 radical (unpaired) electrons. The Kier molecular flexibility index (Phi) is 2.35. The predicted octanol–water partition coefficient (Wildman–Crippen LogP) is 1.50. The average Bonchev–Trinajstić information content (AvgIpc) is 2.66. The van der Waals surface area contributed by atoms with Crippen molar-refractivity contribution in [3.8, 4) is 5.88 Å². The summed E-state index contributed by atoms with van der Waals surface area (Å²) < 4.78 is 6.10. The van der Waals surface area contributed by atoms with E-state index in [1.165, 1.54) is 11.3 Å². The van der Waals surface area contributed by atoms with E-state index < -0.39 is 0 Å². The maximum atomic E-state index is 9.20. The van der Waals surface area contributed by atoms with Crippen molar-refractivity contribution in [2.75, 3.05) is 7.11 Å². The van der Waals surface area contributed by atoms with E-state index in [2.05, 4.69) is 9.97 Å². The fourth-order valence-electron chi connectivity index (χ4n) is 1.40. The fraction of sp³-hybridized carbons (Fsp3) is 0.333. The fourth-order valence-corrected chi connectivity index (χ4v) is 2.17. The van der Waals surface area contributed by atoms with E-state index in [0.717, 1.165) is 15.9 Å². The molecule has 2 aromatic heterocycles. The molecule has 5 heteroatoms. The molecule has 0 atom stereocenters. The molecular formula is C9H10N2O2S. The number of pyridine rings is 1. The van der Waals surface area contributed by atoms with Gasteiger partial charge in [-0.05, 0) is 6.92 Å². The number of hydrogen-bond donors (Lipinski definition) is 1. The van der Waals surface area contributed by atoms with Crippen molar-refractivity contribution >= 4 is 21.6 Å². The number of thiazole rings is 1. The summed E-state index contributed by atoms with van der Waals surface area (Å²) in [4.78, 5) is 8.45. The van der Waals surface area contributed by atoms with Crippen molar-refractivity contribution in [2.24, 2.45) is 0 Å².